The minimum atomic E-state index is -4.52. The van der Waals surface area contributed by atoms with Gasteiger partial charge in [-0.25, -0.2) is 9.08 Å². The van der Waals surface area contributed by atoms with Gasteiger partial charge < -0.3 is 29.2 Å². The summed E-state index contributed by atoms with van der Waals surface area (Å²) in [7, 11) is -4.52. The van der Waals surface area contributed by atoms with Gasteiger partial charge in [-0.2, -0.15) is 15.4 Å². The van der Waals surface area contributed by atoms with Crippen molar-refractivity contribution >= 4 is 36.9 Å². The van der Waals surface area contributed by atoms with Crippen LogP contribution in [-0.2, 0) is 42.4 Å². The molecule has 0 unspecified atom stereocenters. The Bertz CT molecular complexity index is 1760. The second kappa shape index (κ2) is 16.0. The number of nitrogens with two attached hydrogens (primary N) is 1. The number of nitrogens with one attached hydrogen (secondary N) is 1. The summed E-state index contributed by atoms with van der Waals surface area (Å²) in [6.07, 6.45) is 1.35. The SMILES string of the molecule is CCC(=O)O[C@H]1[C@H](c2ccc3c(N)ccnn23)O[C@](C#N)(CO[P@@](=O)(N[C@@H](C)C(=O)OC2CCCCC2)Oc2ccccc2)[C@H]1OC(=O)CC. The van der Waals surface area contributed by atoms with Crippen LogP contribution in [0.1, 0.15) is 77.5 Å². The number of benzene rings is 1. The molecule has 0 spiro atoms. The van der Waals surface area contributed by atoms with Gasteiger partial charge in [-0.1, -0.05) is 38.5 Å². The van der Waals surface area contributed by atoms with Crippen molar-refractivity contribution in [3.8, 4) is 11.8 Å². The third kappa shape index (κ3) is 8.27. The van der Waals surface area contributed by atoms with Gasteiger partial charge in [0.15, 0.2) is 12.2 Å². The molecule has 0 radical (unpaired) electrons. The lowest BCUT2D eigenvalue weighted by Crippen LogP contribution is -2.49. The van der Waals surface area contributed by atoms with Crippen LogP contribution in [0.3, 0.4) is 0 Å². The summed E-state index contributed by atoms with van der Waals surface area (Å²) in [5.74, 6) is -1.90. The molecule has 5 rings (SSSR count). The average molecular weight is 712 g/mol. The van der Waals surface area contributed by atoms with Crippen LogP contribution in [0.5, 0.6) is 5.75 Å². The highest BCUT2D eigenvalue weighted by molar-refractivity contribution is 7.52. The summed E-state index contributed by atoms with van der Waals surface area (Å²) < 4.78 is 51.2. The molecular weight excluding hydrogens is 669 g/mol. The number of aromatic nitrogens is 2. The van der Waals surface area contributed by atoms with Crippen molar-refractivity contribution in [2.75, 3.05) is 12.3 Å². The lowest BCUT2D eigenvalue weighted by molar-refractivity contribution is -0.169. The number of anilines is 1. The highest BCUT2D eigenvalue weighted by Gasteiger charge is 2.62. The lowest BCUT2D eigenvalue weighted by atomic mass is 9.95. The number of rotatable bonds is 14. The first kappa shape index (κ1) is 36.8. The van der Waals surface area contributed by atoms with Crippen LogP contribution in [0, 0.1) is 11.3 Å². The Hall–Kier alpha value is -4.48. The number of carbonyl (C=O) groups excluding carboxylic acids is 3. The molecule has 15 nitrogen and oxygen atoms in total. The summed E-state index contributed by atoms with van der Waals surface area (Å²) in [6, 6.07) is 13.9. The van der Waals surface area contributed by atoms with E-state index in [1.54, 1.807) is 50.2 Å². The van der Waals surface area contributed by atoms with E-state index in [2.05, 4.69) is 10.2 Å². The molecule has 0 bridgehead atoms. The van der Waals surface area contributed by atoms with Gasteiger partial charge in [0.05, 0.1) is 16.9 Å². The van der Waals surface area contributed by atoms with Crippen molar-refractivity contribution in [2.24, 2.45) is 0 Å². The van der Waals surface area contributed by atoms with Crippen LogP contribution in [0.25, 0.3) is 5.52 Å². The Morgan fingerprint density at radius 2 is 1.76 bits per heavy atom. The molecule has 1 aliphatic carbocycles. The maximum atomic E-state index is 14.5. The highest BCUT2D eigenvalue weighted by Crippen LogP contribution is 2.50. The van der Waals surface area contributed by atoms with Crippen LogP contribution in [0.2, 0.25) is 0 Å². The first-order valence-electron chi connectivity index (χ1n) is 16.7. The monoisotopic (exact) mass is 711 g/mol. The van der Waals surface area contributed by atoms with Crippen molar-refractivity contribution in [2.45, 2.75) is 102 Å². The van der Waals surface area contributed by atoms with Gasteiger partial charge in [-0.15, -0.1) is 0 Å². The molecule has 3 aromatic rings. The average Bonchev–Trinajstić information content (AvgIpc) is 3.68. The van der Waals surface area contributed by atoms with Crippen LogP contribution < -0.4 is 15.3 Å². The van der Waals surface area contributed by atoms with E-state index in [1.165, 1.54) is 29.8 Å². The van der Waals surface area contributed by atoms with E-state index in [4.69, 9.17) is 33.7 Å². The quantitative estimate of drug-likeness (QED) is 0.129. The first-order chi connectivity index (χ1) is 24.0. The largest absolute Gasteiger partial charge is 0.461 e. The zero-order chi connectivity index (χ0) is 35.9. The highest BCUT2D eigenvalue weighted by atomic mass is 31.2. The minimum Gasteiger partial charge on any atom is -0.461 e. The van der Waals surface area contributed by atoms with Crippen molar-refractivity contribution < 1.29 is 46.9 Å². The Morgan fingerprint density at radius 1 is 1.06 bits per heavy atom. The van der Waals surface area contributed by atoms with E-state index >= 15 is 0 Å². The van der Waals surface area contributed by atoms with E-state index in [0.717, 1.165) is 32.1 Å². The van der Waals surface area contributed by atoms with Crippen molar-refractivity contribution in [3.05, 3.63) is 60.4 Å². The second-order valence-electron chi connectivity index (χ2n) is 12.2. The summed E-state index contributed by atoms with van der Waals surface area (Å²) in [4.78, 5) is 38.6. The number of ether oxygens (including phenoxy) is 4. The number of nitriles is 1. The van der Waals surface area contributed by atoms with E-state index in [0.29, 0.717) is 16.9 Å². The molecule has 1 aromatic carbocycles. The molecule has 268 valence electrons. The Morgan fingerprint density at radius 3 is 2.44 bits per heavy atom. The van der Waals surface area contributed by atoms with E-state index in [9.17, 15) is 24.2 Å². The fourth-order valence-corrected chi connectivity index (χ4v) is 7.42. The Kier molecular flexibility index (Phi) is 11.8. The fraction of sp³-hybridized carbons (Fsp3) is 0.500. The van der Waals surface area contributed by atoms with Crippen LogP contribution in [0.4, 0.5) is 5.69 Å². The molecular formula is C34H42N5O10P. The molecule has 0 amide bonds. The number of hydrogen-bond acceptors (Lipinski definition) is 13. The van der Waals surface area contributed by atoms with Gasteiger partial charge in [0.1, 0.15) is 36.7 Å². The zero-order valence-corrected chi connectivity index (χ0v) is 29.1. The maximum absolute atomic E-state index is 14.5. The normalized spacial score (nSPS) is 24.1. The standard InChI is InChI=1S/C34H42N5O10P/c1-4-28(40)46-31-30(27-17-16-26-25(36)18-19-37-39(26)27)48-34(20-35,32(31)47-29(41)5-2)21-44-50(43,49-24-14-10-7-11-15-24)38-22(3)33(42)45-23-12-8-6-9-13-23/h7,10-11,14-19,22-23,30-32H,4-6,8-9,12-13,21,36H2,1-3H3,(H,38,43)/t22-,30-,31-,32-,34+,50-/m0/s1. The number of esters is 3. The van der Waals surface area contributed by atoms with Crippen molar-refractivity contribution in [3.63, 3.8) is 0 Å². The summed E-state index contributed by atoms with van der Waals surface area (Å²) in [6.45, 7) is 3.78. The Labute approximate surface area is 289 Å². The molecule has 50 heavy (non-hydrogen) atoms. The molecule has 16 heteroatoms. The molecule has 6 atom stereocenters. The van der Waals surface area contributed by atoms with Gasteiger partial charge >= 0.3 is 25.7 Å². The number of para-hydroxylation sites is 1. The predicted molar refractivity (Wildman–Crippen MR) is 178 cm³/mol. The van der Waals surface area contributed by atoms with Gasteiger partial charge in [0.2, 0.25) is 5.60 Å². The zero-order valence-electron chi connectivity index (χ0n) is 28.2. The number of nitrogen functional groups attached to an aromatic ring is 1. The van der Waals surface area contributed by atoms with E-state index in [1.807, 2.05) is 6.07 Å². The number of nitrogens with zero attached hydrogens (tertiary/aromatic N) is 3. The Balaban J connectivity index is 1.49. The van der Waals surface area contributed by atoms with Gasteiger partial charge in [0.25, 0.3) is 0 Å². The summed E-state index contributed by atoms with van der Waals surface area (Å²) >= 11 is 0. The topological polar surface area (TPSA) is 203 Å². The van der Waals surface area contributed by atoms with Crippen molar-refractivity contribution in [1.82, 2.24) is 14.7 Å². The maximum Gasteiger partial charge on any atom is 0.459 e. The molecule has 2 aliphatic rings. The summed E-state index contributed by atoms with van der Waals surface area (Å²) in [5, 5.41) is 17.7. The second-order valence-corrected chi connectivity index (χ2v) is 13.9. The van der Waals surface area contributed by atoms with Crippen LogP contribution in [0.15, 0.2) is 54.7 Å². The van der Waals surface area contributed by atoms with Crippen LogP contribution >= 0.6 is 7.75 Å². The van der Waals surface area contributed by atoms with Crippen LogP contribution in [-0.4, -0.2) is 64.1 Å². The van der Waals surface area contributed by atoms with Gasteiger partial charge in [-0.3, -0.25) is 18.9 Å². The molecule has 1 aliphatic heterocycles. The van der Waals surface area contributed by atoms with E-state index in [-0.39, 0.29) is 24.7 Å². The smallest absolute Gasteiger partial charge is 0.459 e. The first-order valence-corrected chi connectivity index (χ1v) is 18.2. The molecule has 1 saturated heterocycles. The van der Waals surface area contributed by atoms with Gasteiger partial charge in [0, 0.05) is 19.0 Å². The van der Waals surface area contributed by atoms with Gasteiger partial charge in [-0.05, 0) is 62.9 Å². The number of carbonyl (C=O) groups is 3. The predicted octanol–water partition coefficient (Wildman–Crippen LogP) is 4.95. The van der Waals surface area contributed by atoms with E-state index < -0.39 is 62.2 Å². The third-order valence-electron chi connectivity index (χ3n) is 8.55. The molecule has 1 saturated carbocycles. The molecule has 2 aromatic heterocycles. The number of hydrogen-bond donors (Lipinski definition) is 2. The minimum absolute atomic E-state index is 0.0350. The fourth-order valence-electron chi connectivity index (χ4n) is 5.90. The molecule has 3 heterocycles. The lowest BCUT2D eigenvalue weighted by Gasteiger charge is -2.30. The molecule has 3 N–H and O–H groups in total. The molecule has 2 fully saturated rings. The number of fused-ring (bicyclic) bond motifs is 1. The van der Waals surface area contributed by atoms with Crippen molar-refractivity contribution in [1.29, 1.82) is 5.26 Å². The third-order valence-corrected chi connectivity index (χ3v) is 10.2. The summed E-state index contributed by atoms with van der Waals surface area (Å²) in [5.41, 5.74) is 5.19.